The number of hydrogen-bond acceptors (Lipinski definition) is 1. The van der Waals surface area contributed by atoms with E-state index in [-0.39, 0.29) is 11.6 Å². The normalized spacial score (nSPS) is 14.3. The molecule has 0 saturated carbocycles. The van der Waals surface area contributed by atoms with E-state index in [1.54, 1.807) is 0 Å². The smallest absolute Gasteiger partial charge is 0.318 e. The zero-order valence-electron chi connectivity index (χ0n) is 16.3. The Morgan fingerprint density at radius 3 is 2.48 bits per heavy atom. The van der Waals surface area contributed by atoms with Crippen LogP contribution in [0.25, 0.3) is 10.9 Å². The van der Waals surface area contributed by atoms with Gasteiger partial charge in [-0.2, -0.15) is 0 Å². The molecular formula is C23H27N3O. The van der Waals surface area contributed by atoms with Gasteiger partial charge in [-0.25, -0.2) is 4.79 Å². The first-order valence-electron chi connectivity index (χ1n) is 9.62. The maximum absolute atomic E-state index is 12.7. The monoisotopic (exact) mass is 361 g/mol. The second-order valence-electron chi connectivity index (χ2n) is 8.37. The van der Waals surface area contributed by atoms with E-state index >= 15 is 0 Å². The van der Waals surface area contributed by atoms with Crippen molar-refractivity contribution < 1.29 is 4.79 Å². The molecule has 0 aliphatic carbocycles. The van der Waals surface area contributed by atoms with Crippen LogP contribution in [0.4, 0.5) is 4.79 Å². The minimum atomic E-state index is -0.224. The molecule has 4 nitrogen and oxygen atoms in total. The molecule has 1 N–H and O–H groups in total. The van der Waals surface area contributed by atoms with Crippen LogP contribution in [0.2, 0.25) is 0 Å². The van der Waals surface area contributed by atoms with Gasteiger partial charge in [-0.15, -0.1) is 0 Å². The summed E-state index contributed by atoms with van der Waals surface area (Å²) >= 11 is 0. The molecule has 1 aromatic heterocycles. The molecule has 2 aromatic carbocycles. The number of aromatic nitrogens is 1. The fraction of sp³-hybridized carbons (Fsp3) is 0.348. The Bertz CT molecular complexity index is 966. The Morgan fingerprint density at radius 2 is 1.74 bits per heavy atom. The number of carbonyl (C=O) groups excluding carboxylic acids is 1. The van der Waals surface area contributed by atoms with Crippen molar-refractivity contribution in [3.05, 3.63) is 71.4 Å². The lowest BCUT2D eigenvalue weighted by Crippen LogP contribution is -2.49. The van der Waals surface area contributed by atoms with Gasteiger partial charge in [0.15, 0.2) is 0 Å². The molecular weight excluding hydrogens is 334 g/mol. The Balaban J connectivity index is 1.70. The van der Waals surface area contributed by atoms with E-state index in [0.29, 0.717) is 6.54 Å². The molecule has 0 atom stereocenters. The third-order valence-electron chi connectivity index (χ3n) is 5.11. The summed E-state index contributed by atoms with van der Waals surface area (Å²) in [5.41, 5.74) is 4.98. The highest BCUT2D eigenvalue weighted by atomic mass is 16.2. The van der Waals surface area contributed by atoms with Crippen LogP contribution < -0.4 is 5.32 Å². The molecule has 27 heavy (non-hydrogen) atoms. The van der Waals surface area contributed by atoms with Crippen LogP contribution in [-0.2, 0) is 19.5 Å². The molecule has 0 unspecified atom stereocenters. The van der Waals surface area contributed by atoms with Gasteiger partial charge in [-0.05, 0) is 32.4 Å². The third-order valence-corrected chi connectivity index (χ3v) is 5.11. The molecule has 140 valence electrons. The Morgan fingerprint density at radius 1 is 1.04 bits per heavy atom. The molecule has 4 heteroatoms. The molecule has 3 aromatic rings. The summed E-state index contributed by atoms with van der Waals surface area (Å²) in [6, 6.07) is 19.2. The van der Waals surface area contributed by atoms with Crippen LogP contribution in [0, 0.1) is 0 Å². The number of para-hydroxylation sites is 1. The zero-order chi connectivity index (χ0) is 19.0. The van der Waals surface area contributed by atoms with E-state index in [0.717, 1.165) is 19.5 Å². The predicted molar refractivity (Wildman–Crippen MR) is 110 cm³/mol. The van der Waals surface area contributed by atoms with Gasteiger partial charge in [-0.3, -0.25) is 0 Å². The van der Waals surface area contributed by atoms with Crippen LogP contribution in [0.1, 0.15) is 37.6 Å². The Kier molecular flexibility index (Phi) is 4.42. The van der Waals surface area contributed by atoms with Crippen molar-refractivity contribution >= 4 is 16.9 Å². The van der Waals surface area contributed by atoms with Crippen LogP contribution in [0.5, 0.6) is 0 Å². The highest BCUT2D eigenvalue weighted by Crippen LogP contribution is 2.31. The minimum absolute atomic E-state index is 0.0213. The van der Waals surface area contributed by atoms with E-state index in [1.807, 2.05) is 25.7 Å². The van der Waals surface area contributed by atoms with Gasteiger partial charge in [0.2, 0.25) is 0 Å². The zero-order valence-corrected chi connectivity index (χ0v) is 16.3. The summed E-state index contributed by atoms with van der Waals surface area (Å²) in [5, 5.41) is 4.36. The summed E-state index contributed by atoms with van der Waals surface area (Å²) in [6.07, 6.45) is 0.883. The second-order valence-corrected chi connectivity index (χ2v) is 8.37. The van der Waals surface area contributed by atoms with Gasteiger partial charge in [0.25, 0.3) is 0 Å². The first kappa shape index (κ1) is 17.7. The SMILES string of the molecule is CC(C)(C)NC(=O)N1CCc2c(c3ccccc3n2Cc2ccccc2)C1. The highest BCUT2D eigenvalue weighted by molar-refractivity contribution is 5.87. The summed E-state index contributed by atoms with van der Waals surface area (Å²) in [6.45, 7) is 8.34. The van der Waals surface area contributed by atoms with Crippen LogP contribution >= 0.6 is 0 Å². The van der Waals surface area contributed by atoms with Crippen LogP contribution in [-0.4, -0.2) is 27.6 Å². The second kappa shape index (κ2) is 6.76. The van der Waals surface area contributed by atoms with Gasteiger partial charge in [-0.1, -0.05) is 48.5 Å². The number of carbonyl (C=O) groups is 1. The maximum Gasteiger partial charge on any atom is 0.318 e. The minimum Gasteiger partial charge on any atom is -0.340 e. The number of fused-ring (bicyclic) bond motifs is 3. The van der Waals surface area contributed by atoms with E-state index in [2.05, 4.69) is 64.5 Å². The topological polar surface area (TPSA) is 37.3 Å². The molecule has 4 rings (SSSR count). The number of rotatable bonds is 2. The first-order valence-corrected chi connectivity index (χ1v) is 9.62. The van der Waals surface area contributed by atoms with Crippen LogP contribution in [0.15, 0.2) is 54.6 Å². The lowest BCUT2D eigenvalue weighted by atomic mass is 10.0. The van der Waals surface area contributed by atoms with Crippen LogP contribution in [0.3, 0.4) is 0 Å². The van der Waals surface area contributed by atoms with E-state index in [1.165, 1.54) is 27.7 Å². The van der Waals surface area contributed by atoms with E-state index < -0.39 is 0 Å². The van der Waals surface area contributed by atoms with Crippen molar-refractivity contribution in [3.63, 3.8) is 0 Å². The highest BCUT2D eigenvalue weighted by Gasteiger charge is 2.28. The average Bonchev–Trinajstić information content (AvgIpc) is 2.95. The van der Waals surface area contributed by atoms with Crippen molar-refractivity contribution in [2.75, 3.05) is 6.54 Å². The number of nitrogens with zero attached hydrogens (tertiary/aromatic N) is 2. The lowest BCUT2D eigenvalue weighted by molar-refractivity contribution is 0.183. The maximum atomic E-state index is 12.7. The molecule has 0 bridgehead atoms. The Labute approximate surface area is 160 Å². The lowest BCUT2D eigenvalue weighted by Gasteiger charge is -2.31. The summed E-state index contributed by atoms with van der Waals surface area (Å²) in [7, 11) is 0. The van der Waals surface area contributed by atoms with Crippen molar-refractivity contribution in [1.82, 2.24) is 14.8 Å². The van der Waals surface area contributed by atoms with E-state index in [4.69, 9.17) is 0 Å². The fourth-order valence-electron chi connectivity index (χ4n) is 3.92. The number of amides is 2. The van der Waals surface area contributed by atoms with Crippen molar-refractivity contribution in [2.24, 2.45) is 0 Å². The first-order chi connectivity index (χ1) is 12.9. The van der Waals surface area contributed by atoms with Crippen molar-refractivity contribution in [1.29, 1.82) is 0 Å². The van der Waals surface area contributed by atoms with Gasteiger partial charge >= 0.3 is 6.03 Å². The Hall–Kier alpha value is -2.75. The summed E-state index contributed by atoms with van der Waals surface area (Å²) in [5.74, 6) is 0. The molecule has 1 aliphatic heterocycles. The molecule has 2 amide bonds. The third kappa shape index (κ3) is 3.57. The van der Waals surface area contributed by atoms with Crippen molar-refractivity contribution in [3.8, 4) is 0 Å². The fourth-order valence-corrected chi connectivity index (χ4v) is 3.92. The van der Waals surface area contributed by atoms with Gasteiger partial charge < -0.3 is 14.8 Å². The van der Waals surface area contributed by atoms with Gasteiger partial charge in [0, 0.05) is 53.8 Å². The number of hydrogen-bond donors (Lipinski definition) is 1. The van der Waals surface area contributed by atoms with E-state index in [9.17, 15) is 4.79 Å². The predicted octanol–water partition coefficient (Wildman–Crippen LogP) is 4.56. The average molecular weight is 361 g/mol. The largest absolute Gasteiger partial charge is 0.340 e. The molecule has 0 saturated heterocycles. The number of nitrogens with one attached hydrogen (secondary N) is 1. The quantitative estimate of drug-likeness (QED) is 0.714. The van der Waals surface area contributed by atoms with Crippen molar-refractivity contribution in [2.45, 2.75) is 45.8 Å². The van der Waals surface area contributed by atoms with Gasteiger partial charge in [0.1, 0.15) is 0 Å². The summed E-state index contributed by atoms with van der Waals surface area (Å²) < 4.78 is 2.43. The number of benzene rings is 2. The summed E-state index contributed by atoms with van der Waals surface area (Å²) in [4.78, 5) is 14.6. The molecule has 0 fully saturated rings. The molecule has 1 aliphatic rings. The molecule has 0 spiro atoms. The molecule has 0 radical (unpaired) electrons. The number of urea groups is 1. The molecule has 2 heterocycles. The van der Waals surface area contributed by atoms with Gasteiger partial charge in [0.05, 0.1) is 0 Å². The standard InChI is InChI=1S/C23H27N3O/c1-23(2,3)24-22(27)25-14-13-21-19(16-25)18-11-7-8-12-20(18)26(21)15-17-9-5-4-6-10-17/h4-12H,13-16H2,1-3H3,(H,24,27).